The lowest BCUT2D eigenvalue weighted by Crippen LogP contribution is -2.45. The predicted molar refractivity (Wildman–Crippen MR) is 45.0 cm³/mol. The van der Waals surface area contributed by atoms with Gasteiger partial charge in [-0.2, -0.15) is 0 Å². The third-order valence-corrected chi connectivity index (χ3v) is 2.14. The van der Waals surface area contributed by atoms with Gasteiger partial charge in [-0.25, -0.2) is 6.57 Å². The van der Waals surface area contributed by atoms with Crippen LogP contribution in [0.25, 0.3) is 4.85 Å². The van der Waals surface area contributed by atoms with Crippen molar-refractivity contribution in [3.05, 3.63) is 11.4 Å². The van der Waals surface area contributed by atoms with E-state index in [1.807, 2.05) is 4.81 Å². The summed E-state index contributed by atoms with van der Waals surface area (Å²) in [6.45, 7) is 10.3. The van der Waals surface area contributed by atoms with Crippen molar-refractivity contribution in [2.45, 2.75) is 25.7 Å². The van der Waals surface area contributed by atoms with Crippen LogP contribution in [0.5, 0.6) is 0 Å². The van der Waals surface area contributed by atoms with E-state index in [0.29, 0.717) is 0 Å². The summed E-state index contributed by atoms with van der Waals surface area (Å²) in [6.07, 6.45) is 2.03. The second kappa shape index (κ2) is 3.75. The summed E-state index contributed by atoms with van der Waals surface area (Å²) in [7, 11) is -0.389. The van der Waals surface area contributed by atoms with Crippen LogP contribution >= 0.6 is 0 Å². The fourth-order valence-electron chi connectivity index (χ4n) is 1.43. The first kappa shape index (κ1) is 8.57. The molecule has 0 saturated carbocycles. The fourth-order valence-corrected chi connectivity index (χ4v) is 1.43. The maximum absolute atomic E-state index is 9.21. The molecule has 1 fully saturated rings. The van der Waals surface area contributed by atoms with Crippen molar-refractivity contribution in [2.75, 3.05) is 13.1 Å². The minimum Gasteiger partial charge on any atom is -0.437 e. The Morgan fingerprint density at radius 1 is 1.73 bits per heavy atom. The summed E-state index contributed by atoms with van der Waals surface area (Å²) in [4.78, 5) is 5.43. The molecule has 60 valence electrons. The van der Waals surface area contributed by atoms with E-state index in [0.717, 1.165) is 25.9 Å². The molecule has 0 radical (unpaired) electrons. The van der Waals surface area contributed by atoms with Crippen molar-refractivity contribution < 1.29 is 5.02 Å². The molecule has 1 N–H and O–H groups in total. The molecule has 3 nitrogen and oxygen atoms in total. The second-order valence-corrected chi connectivity index (χ2v) is 3.05. The third-order valence-electron chi connectivity index (χ3n) is 2.14. The first-order chi connectivity index (χ1) is 5.24. The first-order valence-corrected chi connectivity index (χ1v) is 4.02. The zero-order valence-electron chi connectivity index (χ0n) is 6.82. The van der Waals surface area contributed by atoms with Crippen LogP contribution in [0.3, 0.4) is 0 Å². The van der Waals surface area contributed by atoms with Gasteiger partial charge in [-0.1, -0.05) is 0 Å². The van der Waals surface area contributed by atoms with Crippen LogP contribution in [0.1, 0.15) is 12.8 Å². The average molecular weight is 152 g/mol. The number of nitrogens with zero attached hydrogens (tertiary/aromatic N) is 2. The summed E-state index contributed by atoms with van der Waals surface area (Å²) >= 11 is 0. The van der Waals surface area contributed by atoms with Crippen LogP contribution in [0, 0.1) is 6.57 Å². The fraction of sp³-hybridized carbons (Fsp3) is 0.857. The van der Waals surface area contributed by atoms with Gasteiger partial charge in [0.1, 0.15) is 0 Å². The molecule has 0 aromatic rings. The van der Waals surface area contributed by atoms with Gasteiger partial charge in [0.25, 0.3) is 0 Å². The van der Waals surface area contributed by atoms with Gasteiger partial charge >= 0.3 is 7.05 Å². The topological polar surface area (TPSA) is 27.8 Å². The maximum atomic E-state index is 9.21. The molecule has 0 aromatic heterocycles. The van der Waals surface area contributed by atoms with E-state index in [2.05, 4.69) is 4.85 Å². The molecule has 1 unspecified atom stereocenters. The second-order valence-electron chi connectivity index (χ2n) is 3.05. The van der Waals surface area contributed by atoms with Crippen molar-refractivity contribution in [1.82, 2.24) is 4.81 Å². The average Bonchev–Trinajstić information content (AvgIpc) is 2.05. The van der Waals surface area contributed by atoms with Gasteiger partial charge < -0.3 is 14.7 Å². The van der Waals surface area contributed by atoms with E-state index < -0.39 is 0 Å². The van der Waals surface area contributed by atoms with Gasteiger partial charge in [0.15, 0.2) is 0 Å². The van der Waals surface area contributed by atoms with Crippen molar-refractivity contribution in [1.29, 1.82) is 0 Å². The molecular formula is C7H13BN2O. The highest BCUT2D eigenvalue weighted by atomic mass is 16.2. The quantitative estimate of drug-likeness (QED) is 0.437. The Morgan fingerprint density at radius 3 is 3.00 bits per heavy atom. The first-order valence-electron chi connectivity index (χ1n) is 4.02. The van der Waals surface area contributed by atoms with Gasteiger partial charge in [0, 0.05) is 6.42 Å². The van der Waals surface area contributed by atoms with Gasteiger partial charge in [0.05, 0.1) is 6.54 Å². The largest absolute Gasteiger partial charge is 0.437 e. The van der Waals surface area contributed by atoms with Crippen LogP contribution < -0.4 is 0 Å². The highest BCUT2D eigenvalue weighted by Gasteiger charge is 2.27. The molecule has 0 aliphatic carbocycles. The highest BCUT2D eigenvalue weighted by Crippen LogP contribution is 2.13. The molecule has 0 aromatic carbocycles. The lowest BCUT2D eigenvalue weighted by atomic mass is 9.82. The third kappa shape index (κ3) is 2.21. The van der Waals surface area contributed by atoms with Crippen LogP contribution in [0.15, 0.2) is 0 Å². The van der Waals surface area contributed by atoms with Gasteiger partial charge in [0.2, 0.25) is 6.04 Å². The van der Waals surface area contributed by atoms with E-state index in [1.165, 1.54) is 0 Å². The molecule has 1 heterocycles. The van der Waals surface area contributed by atoms with E-state index >= 15 is 0 Å². The number of hydrogen-bond donors (Lipinski definition) is 1. The Bertz CT molecular complexity index is 166. The summed E-state index contributed by atoms with van der Waals surface area (Å²) in [6, 6.07) is 0.110. The van der Waals surface area contributed by atoms with E-state index in [9.17, 15) is 5.02 Å². The smallest absolute Gasteiger partial charge is 0.376 e. The monoisotopic (exact) mass is 152 g/mol. The summed E-state index contributed by atoms with van der Waals surface area (Å²) in [5.41, 5.74) is 0. The molecule has 1 aliphatic heterocycles. The summed E-state index contributed by atoms with van der Waals surface area (Å²) < 4.78 is 0. The summed E-state index contributed by atoms with van der Waals surface area (Å²) in [5.74, 6) is 0. The van der Waals surface area contributed by atoms with E-state index in [4.69, 9.17) is 6.57 Å². The van der Waals surface area contributed by atoms with Crippen LogP contribution in [-0.4, -0.2) is 36.0 Å². The summed E-state index contributed by atoms with van der Waals surface area (Å²) in [5, 5.41) is 9.21. The molecule has 11 heavy (non-hydrogen) atoms. The highest BCUT2D eigenvalue weighted by molar-refractivity contribution is 6.45. The molecule has 1 saturated heterocycles. The Kier molecular flexibility index (Phi) is 2.92. The van der Waals surface area contributed by atoms with Crippen LogP contribution in [0.2, 0.25) is 6.82 Å². The van der Waals surface area contributed by atoms with Crippen molar-refractivity contribution in [3.63, 3.8) is 0 Å². The lowest BCUT2D eigenvalue weighted by Gasteiger charge is -2.27. The van der Waals surface area contributed by atoms with Crippen molar-refractivity contribution in [3.8, 4) is 0 Å². The minimum atomic E-state index is -0.389. The van der Waals surface area contributed by atoms with Gasteiger partial charge in [-0.3, -0.25) is 0 Å². The Labute approximate surface area is 68.0 Å². The number of hydrogen-bond acceptors (Lipinski definition) is 2. The van der Waals surface area contributed by atoms with Gasteiger partial charge in [-0.15, -0.1) is 0 Å². The number of piperidine rings is 1. The molecule has 0 bridgehead atoms. The maximum Gasteiger partial charge on any atom is 0.376 e. The minimum absolute atomic E-state index is 0.110. The zero-order valence-corrected chi connectivity index (χ0v) is 6.82. The zero-order chi connectivity index (χ0) is 8.27. The van der Waals surface area contributed by atoms with E-state index in [1.54, 1.807) is 6.82 Å². The molecule has 1 aliphatic rings. The Hall–Kier alpha value is -0.525. The molecular weight excluding hydrogens is 139 g/mol. The molecule has 0 spiro atoms. The Balaban J connectivity index is 2.41. The lowest BCUT2D eigenvalue weighted by molar-refractivity contribution is 0.302. The Morgan fingerprint density at radius 2 is 2.45 bits per heavy atom. The predicted octanol–water partition coefficient (Wildman–Crippen LogP) is 0.480. The number of rotatable bonds is 1. The van der Waals surface area contributed by atoms with Crippen molar-refractivity contribution in [2.24, 2.45) is 0 Å². The normalized spacial score (nSPS) is 26.1. The van der Waals surface area contributed by atoms with Crippen molar-refractivity contribution >= 4 is 7.05 Å². The SMILES string of the molecule is [C-]#[N+]C1CCCN(B(C)O)C1. The van der Waals surface area contributed by atoms with Crippen LogP contribution in [-0.2, 0) is 0 Å². The van der Waals surface area contributed by atoms with Gasteiger partial charge in [-0.05, 0) is 19.8 Å². The molecule has 1 atom stereocenters. The standard InChI is InChI=1S/C7H13BN2O/c1-8(11)10-5-3-4-7(6-10)9-2/h7,11H,3-6H2,1H3. The molecule has 0 amide bonds. The van der Waals surface area contributed by atoms with Crippen LogP contribution in [0.4, 0.5) is 0 Å². The molecule has 4 heteroatoms. The van der Waals surface area contributed by atoms with E-state index in [-0.39, 0.29) is 13.1 Å². The molecule has 1 rings (SSSR count).